The highest BCUT2D eigenvalue weighted by Crippen LogP contribution is 2.27. The molecule has 1 heterocycles. The topological polar surface area (TPSA) is 50.8 Å². The molecule has 0 atom stereocenters. The van der Waals surface area contributed by atoms with E-state index in [1.165, 1.54) is 0 Å². The zero-order valence-electron chi connectivity index (χ0n) is 12.5. The second kappa shape index (κ2) is 6.55. The van der Waals surface area contributed by atoms with Crippen molar-refractivity contribution in [3.8, 4) is 28.8 Å². The summed E-state index contributed by atoms with van der Waals surface area (Å²) in [7, 11) is 0. The normalized spacial score (nSPS) is 10.3. The lowest BCUT2D eigenvalue weighted by Gasteiger charge is -2.09. The number of nitriles is 1. The molecule has 3 rings (SSSR count). The van der Waals surface area contributed by atoms with E-state index in [1.807, 2.05) is 49.4 Å². The fourth-order valence-corrected chi connectivity index (χ4v) is 2.52. The van der Waals surface area contributed by atoms with Crippen molar-refractivity contribution in [2.45, 2.75) is 6.92 Å². The molecule has 0 aliphatic heterocycles. The van der Waals surface area contributed by atoms with Gasteiger partial charge in [-0.05, 0) is 49.4 Å². The first kappa shape index (κ1) is 15.1. The summed E-state index contributed by atoms with van der Waals surface area (Å²) in [4.78, 5) is 0. The number of rotatable bonds is 4. The molecule has 0 aliphatic carbocycles. The summed E-state index contributed by atoms with van der Waals surface area (Å²) in [6.07, 6.45) is 0. The first-order chi connectivity index (χ1) is 11.2. The van der Waals surface area contributed by atoms with Crippen LogP contribution < -0.4 is 4.74 Å². The number of halogens is 1. The standard InChI is InChI=1S/C18H14ClN3O/c1-2-23-17-8-6-13(7-9-17)18-11-15(12-20)21-22(18)16-5-3-4-14(19)10-16/h3-11H,2H2,1H3. The van der Waals surface area contributed by atoms with Crippen LogP contribution in [-0.2, 0) is 0 Å². The Bertz CT molecular complexity index is 863. The third-order valence-corrected chi connectivity index (χ3v) is 3.57. The minimum Gasteiger partial charge on any atom is -0.494 e. The summed E-state index contributed by atoms with van der Waals surface area (Å²) in [5.41, 5.74) is 2.94. The van der Waals surface area contributed by atoms with Crippen molar-refractivity contribution in [3.63, 3.8) is 0 Å². The number of benzene rings is 2. The Morgan fingerprint density at radius 3 is 2.61 bits per heavy atom. The van der Waals surface area contributed by atoms with Crippen molar-refractivity contribution >= 4 is 11.6 Å². The van der Waals surface area contributed by atoms with Crippen molar-refractivity contribution < 1.29 is 4.74 Å². The van der Waals surface area contributed by atoms with E-state index >= 15 is 0 Å². The van der Waals surface area contributed by atoms with Crippen LogP contribution in [0.5, 0.6) is 5.75 Å². The van der Waals surface area contributed by atoms with E-state index < -0.39 is 0 Å². The van der Waals surface area contributed by atoms with Crippen LogP contribution >= 0.6 is 11.6 Å². The molecule has 23 heavy (non-hydrogen) atoms. The Hall–Kier alpha value is -2.77. The Balaban J connectivity index is 2.08. The van der Waals surface area contributed by atoms with Gasteiger partial charge in [-0.25, -0.2) is 4.68 Å². The number of hydrogen-bond donors (Lipinski definition) is 0. The molecule has 5 heteroatoms. The molecule has 0 amide bonds. The van der Waals surface area contributed by atoms with Crippen molar-refractivity contribution in [3.05, 3.63) is 65.3 Å². The van der Waals surface area contributed by atoms with Gasteiger partial charge in [0.15, 0.2) is 5.69 Å². The fourth-order valence-electron chi connectivity index (χ4n) is 2.33. The highest BCUT2D eigenvalue weighted by Gasteiger charge is 2.12. The molecule has 0 saturated heterocycles. The van der Waals surface area contributed by atoms with E-state index in [-0.39, 0.29) is 0 Å². The summed E-state index contributed by atoms with van der Waals surface area (Å²) in [6, 6.07) is 18.9. The maximum atomic E-state index is 9.17. The second-order valence-corrected chi connectivity index (χ2v) is 5.31. The molecule has 0 saturated carbocycles. The predicted octanol–water partition coefficient (Wildman–Crippen LogP) is 4.46. The van der Waals surface area contributed by atoms with Gasteiger partial charge in [0.1, 0.15) is 11.8 Å². The third-order valence-electron chi connectivity index (χ3n) is 3.34. The number of aromatic nitrogens is 2. The lowest BCUT2D eigenvalue weighted by molar-refractivity contribution is 0.340. The molecule has 0 unspecified atom stereocenters. The van der Waals surface area contributed by atoms with E-state index in [1.54, 1.807) is 16.8 Å². The van der Waals surface area contributed by atoms with Gasteiger partial charge in [-0.2, -0.15) is 10.4 Å². The van der Waals surface area contributed by atoms with Gasteiger partial charge in [0.05, 0.1) is 18.0 Å². The van der Waals surface area contributed by atoms with E-state index in [0.717, 1.165) is 22.7 Å². The Morgan fingerprint density at radius 2 is 1.96 bits per heavy atom. The van der Waals surface area contributed by atoms with E-state index in [4.69, 9.17) is 21.6 Å². The predicted molar refractivity (Wildman–Crippen MR) is 89.9 cm³/mol. The van der Waals surface area contributed by atoms with Gasteiger partial charge < -0.3 is 4.74 Å². The van der Waals surface area contributed by atoms with Crippen LogP contribution in [-0.4, -0.2) is 16.4 Å². The minimum atomic E-state index is 0.355. The quantitative estimate of drug-likeness (QED) is 0.712. The van der Waals surface area contributed by atoms with Gasteiger partial charge in [0.2, 0.25) is 0 Å². The average Bonchev–Trinajstić information content (AvgIpc) is 3.00. The summed E-state index contributed by atoms with van der Waals surface area (Å²) in [5.74, 6) is 0.811. The summed E-state index contributed by atoms with van der Waals surface area (Å²) < 4.78 is 7.18. The second-order valence-electron chi connectivity index (χ2n) is 4.88. The Kier molecular flexibility index (Phi) is 4.31. The SMILES string of the molecule is CCOc1ccc(-c2cc(C#N)nn2-c2cccc(Cl)c2)cc1. The van der Waals surface area contributed by atoms with Gasteiger partial charge in [0, 0.05) is 16.7 Å². The van der Waals surface area contributed by atoms with Gasteiger partial charge in [0.25, 0.3) is 0 Å². The summed E-state index contributed by atoms with van der Waals surface area (Å²) in [6.45, 7) is 2.57. The molecule has 0 fully saturated rings. The molecule has 2 aromatic carbocycles. The molecular formula is C18H14ClN3O. The molecule has 0 bridgehead atoms. The highest BCUT2D eigenvalue weighted by molar-refractivity contribution is 6.30. The van der Waals surface area contributed by atoms with Gasteiger partial charge in [-0.3, -0.25) is 0 Å². The van der Waals surface area contributed by atoms with Crippen molar-refractivity contribution in [2.24, 2.45) is 0 Å². The van der Waals surface area contributed by atoms with Gasteiger partial charge in [-0.15, -0.1) is 0 Å². The monoisotopic (exact) mass is 323 g/mol. The maximum Gasteiger partial charge on any atom is 0.163 e. The number of hydrogen-bond acceptors (Lipinski definition) is 3. The van der Waals surface area contributed by atoms with Crippen LogP contribution in [0.2, 0.25) is 5.02 Å². The van der Waals surface area contributed by atoms with Crippen LogP contribution in [0.1, 0.15) is 12.6 Å². The molecule has 3 aromatic rings. The van der Waals surface area contributed by atoms with Gasteiger partial charge in [-0.1, -0.05) is 17.7 Å². The molecule has 0 N–H and O–H groups in total. The molecule has 1 aromatic heterocycles. The fraction of sp³-hybridized carbons (Fsp3) is 0.111. The molecule has 4 nitrogen and oxygen atoms in total. The zero-order chi connectivity index (χ0) is 16.2. The zero-order valence-corrected chi connectivity index (χ0v) is 13.3. The summed E-state index contributed by atoms with van der Waals surface area (Å²) >= 11 is 6.07. The van der Waals surface area contributed by atoms with Crippen LogP contribution in [0.4, 0.5) is 0 Å². The molecule has 114 valence electrons. The lowest BCUT2D eigenvalue weighted by atomic mass is 10.1. The largest absolute Gasteiger partial charge is 0.494 e. The van der Waals surface area contributed by atoms with E-state index in [2.05, 4.69) is 11.2 Å². The highest BCUT2D eigenvalue weighted by atomic mass is 35.5. The molecular weight excluding hydrogens is 310 g/mol. The minimum absolute atomic E-state index is 0.355. The lowest BCUT2D eigenvalue weighted by Crippen LogP contribution is -1.99. The van der Waals surface area contributed by atoms with Crippen molar-refractivity contribution in [2.75, 3.05) is 6.61 Å². The van der Waals surface area contributed by atoms with Gasteiger partial charge >= 0.3 is 0 Å². The van der Waals surface area contributed by atoms with Crippen molar-refractivity contribution in [1.29, 1.82) is 5.26 Å². The first-order valence-corrected chi connectivity index (χ1v) is 7.58. The molecule has 0 spiro atoms. The summed E-state index contributed by atoms with van der Waals surface area (Å²) in [5, 5.41) is 14.1. The first-order valence-electron chi connectivity index (χ1n) is 7.20. The van der Waals surface area contributed by atoms with Crippen molar-refractivity contribution in [1.82, 2.24) is 9.78 Å². The number of nitrogens with zero attached hydrogens (tertiary/aromatic N) is 3. The Labute approximate surface area is 139 Å². The number of ether oxygens (including phenoxy) is 1. The Morgan fingerprint density at radius 1 is 1.17 bits per heavy atom. The maximum absolute atomic E-state index is 9.17. The van der Waals surface area contributed by atoms with E-state index in [9.17, 15) is 0 Å². The average molecular weight is 324 g/mol. The van der Waals surface area contributed by atoms with Crippen LogP contribution in [0.15, 0.2) is 54.6 Å². The smallest absolute Gasteiger partial charge is 0.163 e. The van der Waals surface area contributed by atoms with Crippen LogP contribution in [0, 0.1) is 11.3 Å². The van der Waals surface area contributed by atoms with E-state index in [0.29, 0.717) is 17.3 Å². The van der Waals surface area contributed by atoms with Crippen LogP contribution in [0.25, 0.3) is 16.9 Å². The third kappa shape index (κ3) is 3.20. The molecule has 0 aliphatic rings. The van der Waals surface area contributed by atoms with Crippen LogP contribution in [0.3, 0.4) is 0 Å². The molecule has 0 radical (unpaired) electrons.